The van der Waals surface area contributed by atoms with Gasteiger partial charge in [-0.1, -0.05) is 119 Å². The second-order valence-electron chi connectivity index (χ2n) is 16.4. The van der Waals surface area contributed by atoms with Crippen LogP contribution in [-0.4, -0.2) is 5.25 Å². The van der Waals surface area contributed by atoms with E-state index in [0.717, 1.165) is 34.1 Å². The fourth-order valence-corrected chi connectivity index (χ4v) is 10.2. The summed E-state index contributed by atoms with van der Waals surface area (Å²) in [6.07, 6.45) is 0. The minimum Gasteiger partial charge on any atom is -0.310 e. The van der Waals surface area contributed by atoms with Crippen LogP contribution < -0.4 is 9.80 Å². The summed E-state index contributed by atoms with van der Waals surface area (Å²) in [4.78, 5) is 6.06. The molecule has 0 spiro atoms. The lowest BCUT2D eigenvalue weighted by atomic mass is 9.79. The monoisotopic (exact) mass is 766 g/mol. The summed E-state index contributed by atoms with van der Waals surface area (Å²) in [5, 5.41) is 8.19. The Hall–Kier alpha value is -6.29. The Bertz CT molecular complexity index is 3000. The first-order valence-corrected chi connectivity index (χ1v) is 21.2. The third-order valence-electron chi connectivity index (χ3n) is 11.8. The second-order valence-corrected chi connectivity index (χ2v) is 18.1. The van der Waals surface area contributed by atoms with Crippen molar-refractivity contribution in [3.05, 3.63) is 199 Å². The number of rotatable bonds is 8. The second kappa shape index (κ2) is 14.3. The molecule has 10 rings (SSSR count). The number of hydrogen-bond acceptors (Lipinski definition) is 3. The zero-order valence-electron chi connectivity index (χ0n) is 33.7. The van der Waals surface area contributed by atoms with Gasteiger partial charge in [0.1, 0.15) is 0 Å². The van der Waals surface area contributed by atoms with E-state index in [-0.39, 0.29) is 5.41 Å². The summed E-state index contributed by atoms with van der Waals surface area (Å²) in [7, 11) is 0. The molecule has 0 aliphatic heterocycles. The third kappa shape index (κ3) is 6.13. The normalized spacial score (nSPS) is 12.9. The van der Waals surface area contributed by atoms with Gasteiger partial charge in [-0.25, -0.2) is 0 Å². The molecule has 9 aromatic rings. The van der Waals surface area contributed by atoms with Crippen LogP contribution in [0.3, 0.4) is 0 Å². The predicted molar refractivity (Wildman–Crippen MR) is 252 cm³/mol. The number of hydrogen-bond donors (Lipinski definition) is 0. The Labute approximate surface area is 346 Å². The highest BCUT2D eigenvalue weighted by molar-refractivity contribution is 7.99. The lowest BCUT2D eigenvalue weighted by Crippen LogP contribution is -2.16. The summed E-state index contributed by atoms with van der Waals surface area (Å²) in [6.45, 7) is 11.5. The lowest BCUT2D eigenvalue weighted by molar-refractivity contribution is 0.667. The SMILES string of the molecule is Cc1cccc(N(c2ccccc2)c2ccc3cc4c(cc3c2)C(C)(C)c2c-4c3ccccc3c3cc(N(c4ccccc4)c4cccc(SC(C)C)c4)ccc23)c1. The van der Waals surface area contributed by atoms with E-state index in [9.17, 15) is 0 Å². The molecule has 0 radical (unpaired) electrons. The molecular weight excluding hydrogens is 721 g/mol. The molecule has 0 heterocycles. The maximum Gasteiger partial charge on any atom is 0.0472 e. The highest BCUT2D eigenvalue weighted by Gasteiger charge is 2.39. The minimum absolute atomic E-state index is 0.226. The van der Waals surface area contributed by atoms with Crippen molar-refractivity contribution in [1.82, 2.24) is 0 Å². The number of thioether (sulfide) groups is 1. The van der Waals surface area contributed by atoms with Crippen molar-refractivity contribution in [1.29, 1.82) is 0 Å². The summed E-state index contributed by atoms with van der Waals surface area (Å²) in [5.74, 6) is 0. The van der Waals surface area contributed by atoms with E-state index < -0.39 is 0 Å². The zero-order chi connectivity index (χ0) is 39.5. The Morgan fingerprint density at radius 3 is 1.72 bits per heavy atom. The molecule has 0 saturated heterocycles. The van der Waals surface area contributed by atoms with Gasteiger partial charge >= 0.3 is 0 Å². The van der Waals surface area contributed by atoms with Gasteiger partial charge in [-0.3, -0.25) is 0 Å². The lowest BCUT2D eigenvalue weighted by Gasteiger charge is -2.28. The quantitative estimate of drug-likeness (QED) is 0.112. The molecule has 0 atom stereocenters. The van der Waals surface area contributed by atoms with Crippen LogP contribution in [0.5, 0.6) is 0 Å². The molecule has 282 valence electrons. The van der Waals surface area contributed by atoms with E-state index in [1.807, 2.05) is 11.8 Å². The number of nitrogens with zero attached hydrogens (tertiary/aromatic N) is 2. The summed E-state index contributed by atoms with van der Waals surface area (Å²) >= 11 is 1.90. The van der Waals surface area contributed by atoms with Gasteiger partial charge < -0.3 is 9.80 Å². The van der Waals surface area contributed by atoms with Gasteiger partial charge in [0.25, 0.3) is 0 Å². The van der Waals surface area contributed by atoms with Gasteiger partial charge in [-0.15, -0.1) is 11.8 Å². The van der Waals surface area contributed by atoms with Crippen LogP contribution in [0.4, 0.5) is 34.1 Å². The number of benzene rings is 9. The van der Waals surface area contributed by atoms with Crippen LogP contribution in [-0.2, 0) is 5.41 Å². The number of fused-ring (bicyclic) bond motifs is 9. The van der Waals surface area contributed by atoms with Crippen molar-refractivity contribution in [2.24, 2.45) is 0 Å². The zero-order valence-corrected chi connectivity index (χ0v) is 34.5. The van der Waals surface area contributed by atoms with E-state index in [2.05, 4.69) is 226 Å². The molecule has 0 fully saturated rings. The van der Waals surface area contributed by atoms with Gasteiger partial charge in [0, 0.05) is 49.7 Å². The van der Waals surface area contributed by atoms with Crippen LogP contribution in [0.1, 0.15) is 44.4 Å². The molecule has 0 bridgehead atoms. The molecule has 9 aromatic carbocycles. The van der Waals surface area contributed by atoms with Crippen molar-refractivity contribution >= 4 is 78.2 Å². The molecule has 1 aliphatic carbocycles. The molecule has 3 heteroatoms. The van der Waals surface area contributed by atoms with Crippen LogP contribution >= 0.6 is 11.8 Å². The number of aryl methyl sites for hydroxylation is 1. The molecule has 0 amide bonds. The van der Waals surface area contributed by atoms with Crippen LogP contribution in [0.2, 0.25) is 0 Å². The van der Waals surface area contributed by atoms with E-state index in [1.165, 1.54) is 65.0 Å². The molecule has 0 saturated carbocycles. The first-order chi connectivity index (χ1) is 28.2. The molecule has 58 heavy (non-hydrogen) atoms. The molecule has 0 aromatic heterocycles. The van der Waals surface area contributed by atoms with E-state index in [4.69, 9.17) is 0 Å². The van der Waals surface area contributed by atoms with Crippen molar-refractivity contribution < 1.29 is 0 Å². The van der Waals surface area contributed by atoms with Crippen LogP contribution in [0.15, 0.2) is 187 Å². The highest BCUT2D eigenvalue weighted by Crippen LogP contribution is 2.56. The van der Waals surface area contributed by atoms with Gasteiger partial charge in [0.15, 0.2) is 0 Å². The summed E-state index contributed by atoms with van der Waals surface area (Å²) in [5.41, 5.74) is 13.4. The predicted octanol–water partition coefficient (Wildman–Crippen LogP) is 16.2. The number of para-hydroxylation sites is 2. The van der Waals surface area contributed by atoms with Gasteiger partial charge in [0.05, 0.1) is 0 Å². The van der Waals surface area contributed by atoms with Crippen LogP contribution in [0.25, 0.3) is 43.4 Å². The van der Waals surface area contributed by atoms with Gasteiger partial charge in [-0.05, 0) is 158 Å². The fourth-order valence-electron chi connectivity index (χ4n) is 9.31. The average Bonchev–Trinajstić information content (AvgIpc) is 3.46. The van der Waals surface area contributed by atoms with E-state index in [1.54, 1.807) is 0 Å². The van der Waals surface area contributed by atoms with Crippen molar-refractivity contribution in [2.75, 3.05) is 9.80 Å². The van der Waals surface area contributed by atoms with E-state index >= 15 is 0 Å². The van der Waals surface area contributed by atoms with Crippen LogP contribution in [0, 0.1) is 6.92 Å². The first-order valence-electron chi connectivity index (χ1n) is 20.4. The molecule has 1 aliphatic rings. The fraction of sp³-hybridized carbons (Fsp3) is 0.127. The van der Waals surface area contributed by atoms with Crippen molar-refractivity contribution in [3.8, 4) is 11.1 Å². The first kappa shape index (κ1) is 36.1. The van der Waals surface area contributed by atoms with Gasteiger partial charge in [0.2, 0.25) is 0 Å². The Balaban J connectivity index is 1.15. The molecule has 0 unspecified atom stereocenters. The Kier molecular flexibility index (Phi) is 8.88. The minimum atomic E-state index is -0.226. The maximum atomic E-state index is 2.47. The summed E-state index contributed by atoms with van der Waals surface area (Å²) < 4.78 is 0. The molecular formula is C55H46N2S. The molecule has 2 nitrogen and oxygen atoms in total. The van der Waals surface area contributed by atoms with Crippen molar-refractivity contribution in [3.63, 3.8) is 0 Å². The topological polar surface area (TPSA) is 6.48 Å². The highest BCUT2D eigenvalue weighted by atomic mass is 32.2. The molecule has 0 N–H and O–H groups in total. The average molecular weight is 767 g/mol. The summed E-state index contributed by atoms with van der Waals surface area (Å²) in [6, 6.07) is 67.3. The smallest absolute Gasteiger partial charge is 0.0472 e. The number of anilines is 6. The standard InChI is InChI=1S/C55H46N2S/c1-36(2)58-46-23-15-22-43(34-46)57(41-19-10-7-11-20-41)45-28-29-49-50(35-45)47-24-12-13-25-48(47)53-51-32-38-26-27-44(31-39(38)33-52(51)55(4,5)54(49)53)56(40-17-8-6-9-18-40)42-21-14-16-37(3)30-42/h6-36H,1-5H3. The Morgan fingerprint density at radius 1 is 0.448 bits per heavy atom. The third-order valence-corrected chi connectivity index (χ3v) is 12.8. The van der Waals surface area contributed by atoms with Gasteiger partial charge in [-0.2, -0.15) is 0 Å². The largest absolute Gasteiger partial charge is 0.310 e. The maximum absolute atomic E-state index is 2.47. The van der Waals surface area contributed by atoms with Crippen molar-refractivity contribution in [2.45, 2.75) is 50.2 Å². The van der Waals surface area contributed by atoms with E-state index in [0.29, 0.717) is 5.25 Å². The Morgan fingerprint density at radius 2 is 1.03 bits per heavy atom.